The lowest BCUT2D eigenvalue weighted by Gasteiger charge is -2.45. The molecule has 6 aliphatic carbocycles. The molecule has 12 heteroatoms. The van der Waals surface area contributed by atoms with E-state index >= 15 is 4.79 Å². The Hall–Kier alpha value is -4.31. The molecule has 6 saturated carbocycles. The van der Waals surface area contributed by atoms with Crippen molar-refractivity contribution in [2.24, 2.45) is 50.6 Å². The number of aliphatic hydroxyl groups is 1. The Labute approximate surface area is 478 Å². The number of phenolic OH excluding ortho intramolecular Hbond substituents is 1. The van der Waals surface area contributed by atoms with E-state index in [2.05, 4.69) is 94.7 Å². The van der Waals surface area contributed by atoms with Gasteiger partial charge in [-0.1, -0.05) is 94.6 Å². The van der Waals surface area contributed by atoms with E-state index in [0.717, 1.165) is 145 Å². The Morgan fingerprint density at radius 1 is 0.911 bits per heavy atom. The van der Waals surface area contributed by atoms with Gasteiger partial charge in [0.05, 0.1) is 18.1 Å². The number of hydrogen-bond acceptors (Lipinski definition) is 11. The number of aryl methyl sites for hydroxylation is 2. The second kappa shape index (κ2) is 21.5. The minimum absolute atomic E-state index is 0.0691. The number of benzene rings is 3. The molecule has 3 aromatic carbocycles. The summed E-state index contributed by atoms with van der Waals surface area (Å²) in [5.74, 6) is 11.9. The molecule has 422 valence electrons. The summed E-state index contributed by atoms with van der Waals surface area (Å²) >= 11 is 0. The van der Waals surface area contributed by atoms with Gasteiger partial charge in [0.15, 0.2) is 17.5 Å². The number of nitrogens with zero attached hydrogens (tertiary/aromatic N) is 2. The van der Waals surface area contributed by atoms with Crippen LogP contribution in [0.1, 0.15) is 201 Å². The number of hydrogen-bond donors (Lipinski definition) is 4. The fraction of sp³-hybridized carbons (Fsp3) is 0.657. The van der Waals surface area contributed by atoms with Gasteiger partial charge in [0, 0.05) is 67.0 Å². The van der Waals surface area contributed by atoms with Crippen LogP contribution in [0.2, 0.25) is 0 Å². The fourth-order valence-corrected chi connectivity index (χ4v) is 22.8. The smallest absolute Gasteiger partial charge is 0.303 e. The van der Waals surface area contributed by atoms with Crippen molar-refractivity contribution in [3.05, 3.63) is 94.5 Å². The second-order valence-electron chi connectivity index (χ2n) is 27.1. The zero-order valence-electron chi connectivity index (χ0n) is 46.9. The van der Waals surface area contributed by atoms with Gasteiger partial charge in [0.2, 0.25) is 5.91 Å². The third-order valence-corrected chi connectivity index (χ3v) is 26.3. The molecule has 5 N–H and O–H groups in total. The molecule has 6 heterocycles. The summed E-state index contributed by atoms with van der Waals surface area (Å²) in [7, 11) is 4.09. The van der Waals surface area contributed by atoms with Crippen LogP contribution in [0.3, 0.4) is 0 Å². The minimum Gasteiger partial charge on any atom is -0.504 e. The minimum atomic E-state index is -0.811. The Morgan fingerprint density at radius 3 is 2.59 bits per heavy atom. The van der Waals surface area contributed by atoms with Gasteiger partial charge in [-0.2, -0.15) is 0 Å². The van der Waals surface area contributed by atoms with Crippen molar-refractivity contribution in [1.29, 1.82) is 0 Å². The molecule has 79 heavy (non-hydrogen) atoms. The first-order valence-electron chi connectivity index (χ1n) is 31.0. The zero-order valence-corrected chi connectivity index (χ0v) is 48.6. The van der Waals surface area contributed by atoms with Crippen LogP contribution < -0.4 is 15.8 Å². The number of carbonyl (C=O) groups is 2. The number of aliphatic imine (C=N–C) groups is 1. The highest BCUT2D eigenvalue weighted by molar-refractivity contribution is 8.77. The van der Waals surface area contributed by atoms with E-state index in [9.17, 15) is 15.0 Å². The number of guanidine groups is 1. The topological polar surface area (TPSA) is 147 Å². The van der Waals surface area contributed by atoms with Gasteiger partial charge in [-0.15, -0.1) is 5.92 Å². The zero-order chi connectivity index (χ0) is 54.0. The Bertz CT molecular complexity index is 2880. The molecular formula is C67H86N4O6S2. The number of nitrogens with two attached hydrogens (primary N) is 1. The number of esters is 1. The number of amides is 1. The van der Waals surface area contributed by atoms with Crippen LogP contribution in [0.15, 0.2) is 71.7 Å². The normalized spacial score (nSPS) is 39.0. The van der Waals surface area contributed by atoms with Crippen LogP contribution in [0.5, 0.6) is 11.5 Å². The number of ether oxygens (including phenoxy) is 2. The number of aliphatic hydroxyl groups excluding tert-OH is 1. The quantitative estimate of drug-likeness (QED) is 0.111. The van der Waals surface area contributed by atoms with Crippen LogP contribution >= 0.6 is 21.6 Å². The van der Waals surface area contributed by atoms with Crippen LogP contribution in [0.4, 0.5) is 0 Å². The van der Waals surface area contributed by atoms with Gasteiger partial charge in [-0.05, 0) is 200 Å². The monoisotopic (exact) mass is 1110 g/mol. The number of nitrogens with one attached hydrogen (secondary N) is 1. The molecule has 6 aliphatic heterocycles. The van der Waals surface area contributed by atoms with E-state index in [0.29, 0.717) is 80.2 Å². The highest BCUT2D eigenvalue weighted by atomic mass is 33.1. The summed E-state index contributed by atoms with van der Waals surface area (Å²) in [4.78, 5) is 35.7. The van der Waals surface area contributed by atoms with Crippen molar-refractivity contribution in [3.8, 4) is 23.3 Å². The summed E-state index contributed by atoms with van der Waals surface area (Å²) in [5.41, 5.74) is 10.7. The standard InChI is InChI=1S/C67H86N4O6S2/c1-45(72)76-64-33-23-50(56(73)39-64)18-8-14-48(21-20-46-12-4-2-5-13-46)42-78-79-67-30-11-28-62(67)31-22-47(38-62)15-9-27-63(43-69-61(68)70-67)32-26-55(49-16-6-3-7-17-49)65(63)40-57(74)71(44-65)41-53-36-51(24-34-64)58-52-25-35-66(77-60(58)59(53)75)29-10-19-54(66)37-52/h2-7,12-13,16-17,36,47-48,50,52,54-56,73,75H,8,10-11,14-15,18-26,28-35,37-44H2,1H3,(H3,68,69,70)/t47-,48+,50+,52+,54+,55-,56+,62+,63+,64+,65-,66-,67-/m0/s1. The highest BCUT2D eigenvalue weighted by Gasteiger charge is 2.65. The van der Waals surface area contributed by atoms with Gasteiger partial charge >= 0.3 is 5.97 Å². The van der Waals surface area contributed by atoms with Crippen LogP contribution in [-0.2, 0) is 33.7 Å². The lowest BCUT2D eigenvalue weighted by molar-refractivity contribution is -0.168. The fourth-order valence-electron chi connectivity index (χ4n) is 18.8. The number of aromatic hydroxyl groups is 1. The number of carbonyl (C=O) groups excluding carboxylic acids is 2. The molecule has 5 spiro atoms. The highest BCUT2D eigenvalue weighted by Crippen LogP contribution is 2.67. The Kier molecular flexibility index (Phi) is 14.7. The van der Waals surface area contributed by atoms with Gasteiger partial charge in [-0.3, -0.25) is 14.6 Å². The van der Waals surface area contributed by atoms with Crippen LogP contribution in [0.25, 0.3) is 0 Å². The van der Waals surface area contributed by atoms with Gasteiger partial charge < -0.3 is 35.6 Å². The molecule has 12 aliphatic rings. The first kappa shape index (κ1) is 54.0. The molecule has 15 rings (SSSR count). The summed E-state index contributed by atoms with van der Waals surface area (Å²) in [6.07, 6.45) is 23.8. The molecule has 10 nitrogen and oxygen atoms in total. The third kappa shape index (κ3) is 9.79. The van der Waals surface area contributed by atoms with Gasteiger partial charge in [0.1, 0.15) is 16.1 Å². The maximum atomic E-state index is 15.3. The Morgan fingerprint density at radius 2 is 1.76 bits per heavy atom. The molecule has 1 amide bonds. The molecule has 0 aromatic heterocycles. The van der Waals surface area contributed by atoms with Crippen molar-refractivity contribution in [1.82, 2.24) is 10.2 Å². The van der Waals surface area contributed by atoms with E-state index < -0.39 is 22.5 Å². The predicted octanol–water partition coefficient (Wildman–Crippen LogP) is 13.1. The second-order valence-corrected chi connectivity index (χ2v) is 29.8. The third-order valence-electron chi connectivity index (χ3n) is 22.9. The largest absolute Gasteiger partial charge is 0.504 e. The lowest BCUT2D eigenvalue weighted by atomic mass is 9.60. The molecular weight excluding hydrogens is 1020 g/mol. The summed E-state index contributed by atoms with van der Waals surface area (Å²) in [5, 5.41) is 29.1. The number of fused-ring (bicyclic) bond motifs is 11. The van der Waals surface area contributed by atoms with Crippen molar-refractivity contribution >= 4 is 39.4 Å². The maximum absolute atomic E-state index is 15.3. The van der Waals surface area contributed by atoms with Crippen molar-refractivity contribution < 1.29 is 29.3 Å². The predicted molar refractivity (Wildman–Crippen MR) is 315 cm³/mol. The SMILES string of the molecule is CC(=O)O[C@@]12CCc3cc(c(O)c4c3[C@@H]3CC[C@]5(CCC[C@@H]5C3)O4)CN3C[C@@]4(CC3=O)[C@H](c3ccccc3)CC[C@@]43C#CC[C@H]4CC[C@]5(CCC[C@]5(NC(N)=NC3)SSC[C@@H](CCc3ccccc3)CCC[C@H](CC1)[C@H](O)C2)C4. The molecule has 7 fully saturated rings. The van der Waals surface area contributed by atoms with E-state index in [1.807, 2.05) is 15.7 Å². The number of phenols is 1. The van der Waals surface area contributed by atoms with Crippen LogP contribution in [0, 0.1) is 51.8 Å². The Balaban J connectivity index is 0.906. The summed E-state index contributed by atoms with van der Waals surface area (Å²) < 4.78 is 13.8. The molecule has 0 radical (unpaired) electrons. The molecule has 3 aromatic rings. The number of rotatable bonds is 5. The van der Waals surface area contributed by atoms with Gasteiger partial charge in [-0.25, -0.2) is 0 Å². The average Bonchev–Trinajstić information content (AvgIpc) is 3.94. The van der Waals surface area contributed by atoms with E-state index in [4.69, 9.17) is 20.2 Å². The summed E-state index contributed by atoms with van der Waals surface area (Å²) in [6.45, 7) is 2.68. The van der Waals surface area contributed by atoms with Crippen molar-refractivity contribution in [2.45, 2.75) is 214 Å². The first-order valence-corrected chi connectivity index (χ1v) is 33.3. The van der Waals surface area contributed by atoms with E-state index in [-0.39, 0.29) is 57.8 Å². The molecule has 13 atom stereocenters. The van der Waals surface area contributed by atoms with E-state index in [1.165, 1.54) is 24.5 Å². The first-order chi connectivity index (χ1) is 38.3. The van der Waals surface area contributed by atoms with Crippen LogP contribution in [-0.4, -0.2) is 74.0 Å². The van der Waals surface area contributed by atoms with Crippen molar-refractivity contribution in [3.63, 3.8) is 0 Å². The lowest BCUT2D eigenvalue weighted by Crippen LogP contribution is -2.56. The van der Waals surface area contributed by atoms with E-state index in [1.54, 1.807) is 0 Å². The summed E-state index contributed by atoms with van der Waals surface area (Å²) in [6, 6.07) is 23.9. The molecule has 0 unspecified atom stereocenters. The molecule has 12 bridgehead atoms. The maximum Gasteiger partial charge on any atom is 0.303 e. The molecule has 1 saturated heterocycles. The van der Waals surface area contributed by atoms with Crippen molar-refractivity contribution in [2.75, 3.05) is 18.8 Å². The van der Waals surface area contributed by atoms with Gasteiger partial charge in [0.25, 0.3) is 0 Å². The average molecular weight is 1110 g/mol.